The topological polar surface area (TPSA) is 101 Å². The van der Waals surface area contributed by atoms with Crippen LogP contribution in [-0.4, -0.2) is 102 Å². The van der Waals surface area contributed by atoms with E-state index in [1.165, 1.54) is 0 Å². The van der Waals surface area contributed by atoms with Gasteiger partial charge in [0.05, 0.1) is 30.9 Å². The monoisotopic (exact) mass is 540 g/mol. The second-order valence-corrected chi connectivity index (χ2v) is 11.3. The molecule has 39 heavy (non-hydrogen) atoms. The van der Waals surface area contributed by atoms with Gasteiger partial charge in [0, 0.05) is 31.7 Å². The third-order valence-electron chi connectivity index (χ3n) is 6.36. The van der Waals surface area contributed by atoms with Gasteiger partial charge in [0.15, 0.2) is 0 Å². The molecule has 11 heteroatoms. The maximum Gasteiger partial charge on any atom is 0.410 e. The van der Waals surface area contributed by atoms with E-state index in [1.807, 2.05) is 64.9 Å². The second kappa shape index (κ2) is 12.2. The molecule has 1 atom stereocenters. The van der Waals surface area contributed by atoms with Gasteiger partial charge in [-0.1, -0.05) is 18.2 Å². The van der Waals surface area contributed by atoms with E-state index in [2.05, 4.69) is 4.90 Å². The number of anilines is 1. The quantitative estimate of drug-likeness (QED) is 0.521. The molecule has 2 aliphatic rings. The molecule has 0 spiro atoms. The van der Waals surface area contributed by atoms with Gasteiger partial charge in [-0.15, -0.1) is 5.06 Å². The molecule has 0 aliphatic carbocycles. The molecule has 0 bridgehead atoms. The minimum absolute atomic E-state index is 0.120. The number of carbonyl (C=O) groups excluding carboxylic acids is 2. The molecular formula is C28H40N6O5. The second-order valence-electron chi connectivity index (χ2n) is 11.3. The van der Waals surface area contributed by atoms with E-state index in [0.717, 1.165) is 17.1 Å². The molecule has 1 aromatic carbocycles. The van der Waals surface area contributed by atoms with E-state index >= 15 is 0 Å². The number of likely N-dealkylation sites (N-methyl/N-ethyl adjacent to an activating group) is 1. The van der Waals surface area contributed by atoms with Gasteiger partial charge in [0.2, 0.25) is 0 Å². The van der Waals surface area contributed by atoms with E-state index in [1.54, 1.807) is 22.1 Å². The van der Waals surface area contributed by atoms with Crippen LogP contribution in [0.15, 0.2) is 30.3 Å². The summed E-state index contributed by atoms with van der Waals surface area (Å²) in [6, 6.07) is 9.27. The smallest absolute Gasteiger partial charge is 0.410 e. The molecule has 0 unspecified atom stereocenters. The van der Waals surface area contributed by atoms with Crippen LogP contribution in [0.1, 0.15) is 49.3 Å². The highest BCUT2D eigenvalue weighted by molar-refractivity contribution is 5.89. The number of aromatic nitrogens is 2. The first-order chi connectivity index (χ1) is 18.5. The Morgan fingerprint density at radius 1 is 1.03 bits per heavy atom. The van der Waals surface area contributed by atoms with Crippen LogP contribution in [0.2, 0.25) is 0 Å². The maximum absolute atomic E-state index is 12.8. The number of carbonyl (C=O) groups is 2. The van der Waals surface area contributed by atoms with Crippen molar-refractivity contribution in [1.29, 1.82) is 0 Å². The predicted molar refractivity (Wildman–Crippen MR) is 147 cm³/mol. The van der Waals surface area contributed by atoms with Crippen LogP contribution in [0.5, 0.6) is 6.01 Å². The average molecular weight is 541 g/mol. The number of amides is 1. The number of piperazine rings is 1. The van der Waals surface area contributed by atoms with Crippen LogP contribution >= 0.6 is 0 Å². The molecule has 4 rings (SSSR count). The predicted octanol–water partition coefficient (Wildman–Crippen LogP) is 2.99. The van der Waals surface area contributed by atoms with E-state index in [4.69, 9.17) is 24.3 Å². The summed E-state index contributed by atoms with van der Waals surface area (Å²) in [7, 11) is 3.98. The molecule has 2 aromatic rings. The van der Waals surface area contributed by atoms with E-state index in [9.17, 15) is 9.59 Å². The van der Waals surface area contributed by atoms with Crippen molar-refractivity contribution in [2.45, 2.75) is 52.4 Å². The lowest BCUT2D eigenvalue weighted by atomic mass is 10.0. The Bertz CT molecular complexity index is 1150. The lowest BCUT2D eigenvalue weighted by Gasteiger charge is -2.37. The highest BCUT2D eigenvalue weighted by atomic mass is 16.7. The molecule has 11 nitrogen and oxygen atoms in total. The van der Waals surface area contributed by atoms with Crippen LogP contribution in [0.25, 0.3) is 0 Å². The number of benzene rings is 1. The summed E-state index contributed by atoms with van der Waals surface area (Å²) in [5.74, 6) is 0.446. The lowest BCUT2D eigenvalue weighted by Crippen LogP contribution is -2.48. The number of hydrogen-bond acceptors (Lipinski definition) is 10. The van der Waals surface area contributed by atoms with Crippen LogP contribution in [0, 0.1) is 0 Å². The SMILES string of the molecule is C[C@@H](CN(C)C)Oc1nc2c(c(N3CCN(OC(=O)c4ccccc4)CC3)n1)CCN(C(=O)OC(C)(C)C)C2. The summed E-state index contributed by atoms with van der Waals surface area (Å²) < 4.78 is 11.7. The first-order valence-electron chi connectivity index (χ1n) is 13.4. The zero-order valence-electron chi connectivity index (χ0n) is 23.8. The van der Waals surface area contributed by atoms with Gasteiger partial charge < -0.3 is 29.0 Å². The summed E-state index contributed by atoms with van der Waals surface area (Å²) in [5, 5.41) is 1.69. The van der Waals surface area contributed by atoms with Crippen molar-refractivity contribution in [3.05, 3.63) is 47.2 Å². The lowest BCUT2D eigenvalue weighted by molar-refractivity contribution is -0.112. The van der Waals surface area contributed by atoms with Crippen LogP contribution in [0.4, 0.5) is 10.6 Å². The van der Waals surface area contributed by atoms with Crippen molar-refractivity contribution >= 4 is 17.9 Å². The van der Waals surface area contributed by atoms with Gasteiger partial charge >= 0.3 is 18.1 Å². The number of nitrogens with zero attached hydrogens (tertiary/aromatic N) is 6. The maximum atomic E-state index is 12.8. The fourth-order valence-corrected chi connectivity index (χ4v) is 4.65. The third-order valence-corrected chi connectivity index (χ3v) is 6.36. The van der Waals surface area contributed by atoms with Crippen LogP contribution in [0.3, 0.4) is 0 Å². The molecule has 212 valence electrons. The Balaban J connectivity index is 1.50. The Morgan fingerprint density at radius 2 is 1.72 bits per heavy atom. The zero-order chi connectivity index (χ0) is 28.2. The first-order valence-corrected chi connectivity index (χ1v) is 13.4. The molecule has 1 fully saturated rings. The van der Waals surface area contributed by atoms with E-state index < -0.39 is 5.60 Å². The molecule has 0 saturated carbocycles. The van der Waals surface area contributed by atoms with Crippen molar-refractivity contribution in [3.63, 3.8) is 0 Å². The normalized spacial score (nSPS) is 17.0. The fourth-order valence-electron chi connectivity index (χ4n) is 4.65. The molecule has 1 amide bonds. The first kappa shape index (κ1) is 28.6. The fraction of sp³-hybridized carbons (Fsp3) is 0.571. The largest absolute Gasteiger partial charge is 0.459 e. The Kier molecular flexibility index (Phi) is 8.91. The molecular weight excluding hydrogens is 500 g/mol. The van der Waals surface area contributed by atoms with Gasteiger partial charge in [-0.3, -0.25) is 0 Å². The van der Waals surface area contributed by atoms with Crippen molar-refractivity contribution in [2.24, 2.45) is 0 Å². The molecule has 1 aromatic heterocycles. The van der Waals surface area contributed by atoms with Crippen molar-refractivity contribution in [2.75, 3.05) is 58.3 Å². The molecule has 0 N–H and O–H groups in total. The number of rotatable bonds is 7. The Hall–Kier alpha value is -3.44. The summed E-state index contributed by atoms with van der Waals surface area (Å²) >= 11 is 0. The van der Waals surface area contributed by atoms with Crippen molar-refractivity contribution < 1.29 is 23.9 Å². The van der Waals surface area contributed by atoms with Gasteiger partial charge in [0.1, 0.15) is 17.5 Å². The minimum Gasteiger partial charge on any atom is -0.459 e. The van der Waals surface area contributed by atoms with E-state index in [-0.39, 0.29) is 18.2 Å². The van der Waals surface area contributed by atoms with Gasteiger partial charge in [-0.05, 0) is 60.3 Å². The van der Waals surface area contributed by atoms with Crippen molar-refractivity contribution in [1.82, 2.24) is 24.8 Å². The van der Waals surface area contributed by atoms with Crippen molar-refractivity contribution in [3.8, 4) is 6.01 Å². The summed E-state index contributed by atoms with van der Waals surface area (Å²) in [6.45, 7) is 11.4. The number of hydroxylamine groups is 2. The zero-order valence-corrected chi connectivity index (χ0v) is 23.8. The van der Waals surface area contributed by atoms with Gasteiger partial charge in [-0.2, -0.15) is 9.97 Å². The van der Waals surface area contributed by atoms with Gasteiger partial charge in [-0.25, -0.2) is 9.59 Å². The summed E-state index contributed by atoms with van der Waals surface area (Å²) in [6.07, 6.45) is 0.136. The molecule has 3 heterocycles. The molecule has 1 saturated heterocycles. The highest BCUT2D eigenvalue weighted by Crippen LogP contribution is 2.30. The van der Waals surface area contributed by atoms with Crippen LogP contribution < -0.4 is 9.64 Å². The van der Waals surface area contributed by atoms with E-state index in [0.29, 0.717) is 63.8 Å². The Morgan fingerprint density at radius 3 is 2.36 bits per heavy atom. The standard InChI is InChI=1S/C28H40N6O5/c1-20(18-31(5)6)37-26-29-23-19-33(27(36)38-28(2,3)4)13-12-22(23)24(30-26)32-14-16-34(17-15-32)39-25(35)21-10-8-7-9-11-21/h7-11,20H,12-19H2,1-6H3/t20-/m0/s1. The summed E-state index contributed by atoms with van der Waals surface area (Å²) in [4.78, 5) is 46.4. The van der Waals surface area contributed by atoms with Gasteiger partial charge in [0.25, 0.3) is 0 Å². The summed E-state index contributed by atoms with van der Waals surface area (Å²) in [5.41, 5.74) is 1.72. The average Bonchev–Trinajstić information content (AvgIpc) is 2.87. The number of fused-ring (bicyclic) bond motifs is 1. The number of hydrogen-bond donors (Lipinski definition) is 0. The Labute approximate surface area is 230 Å². The number of ether oxygens (including phenoxy) is 2. The van der Waals surface area contributed by atoms with Crippen LogP contribution in [-0.2, 0) is 22.5 Å². The highest BCUT2D eigenvalue weighted by Gasteiger charge is 2.32. The molecule has 2 aliphatic heterocycles. The molecule has 0 radical (unpaired) electrons. The third kappa shape index (κ3) is 7.79. The minimum atomic E-state index is -0.576.